The molecule has 0 bridgehead atoms. The molecule has 98 valence electrons. The van der Waals surface area contributed by atoms with E-state index in [9.17, 15) is 0 Å². The van der Waals surface area contributed by atoms with Crippen molar-refractivity contribution >= 4 is 0 Å². The standard InChI is InChI=1S/C14H32N2/c1-8-16-14(6,7)10-15-9-13(11(2)3)12(4)5/h11-13,15-16H,8-10H2,1-7H3. The molecule has 0 saturated carbocycles. The molecule has 0 saturated heterocycles. The lowest BCUT2D eigenvalue weighted by Crippen LogP contribution is -2.48. The third kappa shape index (κ3) is 6.49. The van der Waals surface area contributed by atoms with Crippen molar-refractivity contribution in [3.05, 3.63) is 0 Å². The van der Waals surface area contributed by atoms with E-state index < -0.39 is 0 Å². The van der Waals surface area contributed by atoms with Crippen molar-refractivity contribution in [2.45, 2.75) is 54.0 Å². The van der Waals surface area contributed by atoms with Crippen molar-refractivity contribution in [2.24, 2.45) is 17.8 Å². The zero-order chi connectivity index (χ0) is 12.8. The fraction of sp³-hybridized carbons (Fsp3) is 1.00. The van der Waals surface area contributed by atoms with Crippen LogP contribution in [0.25, 0.3) is 0 Å². The van der Waals surface area contributed by atoms with Crippen molar-refractivity contribution in [2.75, 3.05) is 19.6 Å². The molecule has 0 unspecified atom stereocenters. The SMILES string of the molecule is CCNC(C)(C)CNCC(C(C)C)C(C)C. The van der Waals surface area contributed by atoms with E-state index in [4.69, 9.17) is 0 Å². The van der Waals surface area contributed by atoms with Gasteiger partial charge in [0.2, 0.25) is 0 Å². The van der Waals surface area contributed by atoms with Gasteiger partial charge < -0.3 is 10.6 Å². The fourth-order valence-electron chi connectivity index (χ4n) is 2.33. The molecular formula is C14H32N2. The van der Waals surface area contributed by atoms with Gasteiger partial charge in [0.15, 0.2) is 0 Å². The van der Waals surface area contributed by atoms with Gasteiger partial charge in [0.25, 0.3) is 0 Å². The highest BCUT2D eigenvalue weighted by atomic mass is 15.0. The Morgan fingerprint density at radius 2 is 1.50 bits per heavy atom. The number of rotatable bonds is 8. The van der Waals surface area contributed by atoms with Gasteiger partial charge in [-0.1, -0.05) is 34.6 Å². The van der Waals surface area contributed by atoms with Gasteiger partial charge in [-0.15, -0.1) is 0 Å². The Balaban J connectivity index is 3.95. The molecule has 0 atom stereocenters. The first-order chi connectivity index (χ1) is 7.30. The smallest absolute Gasteiger partial charge is 0.0249 e. The first kappa shape index (κ1) is 15.9. The minimum atomic E-state index is 0.202. The molecule has 0 aromatic rings. The maximum atomic E-state index is 3.61. The highest BCUT2D eigenvalue weighted by Crippen LogP contribution is 2.19. The van der Waals surface area contributed by atoms with Crippen molar-refractivity contribution in [3.63, 3.8) is 0 Å². The summed E-state index contributed by atoms with van der Waals surface area (Å²) >= 11 is 0. The van der Waals surface area contributed by atoms with Crippen molar-refractivity contribution in [1.29, 1.82) is 0 Å². The lowest BCUT2D eigenvalue weighted by atomic mass is 9.85. The molecule has 0 spiro atoms. The van der Waals surface area contributed by atoms with Crippen LogP contribution in [0.1, 0.15) is 48.5 Å². The van der Waals surface area contributed by atoms with Crippen LogP contribution in [-0.2, 0) is 0 Å². The predicted octanol–water partition coefficient (Wildman–Crippen LogP) is 2.89. The van der Waals surface area contributed by atoms with Crippen LogP contribution in [-0.4, -0.2) is 25.2 Å². The third-order valence-corrected chi connectivity index (χ3v) is 3.31. The molecular weight excluding hydrogens is 196 g/mol. The van der Waals surface area contributed by atoms with Gasteiger partial charge in [-0.3, -0.25) is 0 Å². The Bertz CT molecular complexity index is 166. The molecule has 2 nitrogen and oxygen atoms in total. The average Bonchev–Trinajstić information content (AvgIpc) is 2.10. The van der Waals surface area contributed by atoms with E-state index in [0.29, 0.717) is 0 Å². The van der Waals surface area contributed by atoms with E-state index >= 15 is 0 Å². The number of hydrogen-bond acceptors (Lipinski definition) is 2. The lowest BCUT2D eigenvalue weighted by molar-refractivity contribution is 0.262. The van der Waals surface area contributed by atoms with Gasteiger partial charge in [0.05, 0.1) is 0 Å². The Labute approximate surface area is 103 Å². The summed E-state index contributed by atoms with van der Waals surface area (Å²) in [6.07, 6.45) is 0. The summed E-state index contributed by atoms with van der Waals surface area (Å²) < 4.78 is 0. The number of nitrogens with one attached hydrogen (secondary N) is 2. The second kappa shape index (κ2) is 7.29. The number of likely N-dealkylation sites (N-methyl/N-ethyl adjacent to an activating group) is 1. The summed E-state index contributed by atoms with van der Waals surface area (Å²) in [6, 6.07) is 0. The Hall–Kier alpha value is -0.0800. The molecule has 0 aliphatic carbocycles. The predicted molar refractivity (Wildman–Crippen MR) is 73.8 cm³/mol. The highest BCUT2D eigenvalue weighted by molar-refractivity contribution is 4.80. The Kier molecular flexibility index (Phi) is 7.25. The van der Waals surface area contributed by atoms with Crippen molar-refractivity contribution in [3.8, 4) is 0 Å². The summed E-state index contributed by atoms with van der Waals surface area (Å²) in [5.74, 6) is 2.29. The molecule has 16 heavy (non-hydrogen) atoms. The molecule has 0 aliphatic rings. The summed E-state index contributed by atoms with van der Waals surface area (Å²) in [7, 11) is 0. The Morgan fingerprint density at radius 3 is 1.88 bits per heavy atom. The molecule has 0 aromatic heterocycles. The van der Waals surface area contributed by atoms with Crippen molar-refractivity contribution < 1.29 is 0 Å². The lowest BCUT2D eigenvalue weighted by Gasteiger charge is -2.30. The maximum absolute atomic E-state index is 3.61. The summed E-state index contributed by atoms with van der Waals surface area (Å²) in [4.78, 5) is 0. The monoisotopic (exact) mass is 228 g/mol. The van der Waals surface area contributed by atoms with Crippen LogP contribution in [0.3, 0.4) is 0 Å². The molecule has 2 heteroatoms. The van der Waals surface area contributed by atoms with Gasteiger partial charge in [0, 0.05) is 12.1 Å². The topological polar surface area (TPSA) is 24.1 Å². The fourth-order valence-corrected chi connectivity index (χ4v) is 2.33. The molecule has 2 N–H and O–H groups in total. The van der Waals surface area contributed by atoms with E-state index in [1.807, 2.05) is 0 Å². The largest absolute Gasteiger partial charge is 0.315 e. The van der Waals surface area contributed by atoms with E-state index in [-0.39, 0.29) is 5.54 Å². The molecule has 0 radical (unpaired) electrons. The maximum Gasteiger partial charge on any atom is 0.0249 e. The van der Waals surface area contributed by atoms with E-state index in [1.54, 1.807) is 0 Å². The van der Waals surface area contributed by atoms with Crippen LogP contribution in [0.15, 0.2) is 0 Å². The number of hydrogen-bond donors (Lipinski definition) is 2. The van der Waals surface area contributed by atoms with E-state index in [2.05, 4.69) is 59.1 Å². The second-order valence-corrected chi connectivity index (χ2v) is 6.20. The molecule has 0 aliphatic heterocycles. The van der Waals surface area contributed by atoms with E-state index in [1.165, 1.54) is 0 Å². The van der Waals surface area contributed by atoms with Crippen molar-refractivity contribution in [1.82, 2.24) is 10.6 Å². The van der Waals surface area contributed by atoms with E-state index in [0.717, 1.165) is 37.4 Å². The summed E-state index contributed by atoms with van der Waals surface area (Å²) in [5.41, 5.74) is 0.202. The van der Waals surface area contributed by atoms with Gasteiger partial charge in [-0.05, 0) is 44.7 Å². The highest BCUT2D eigenvalue weighted by Gasteiger charge is 2.19. The molecule has 0 rings (SSSR count). The molecule has 0 heterocycles. The van der Waals surface area contributed by atoms with Crippen LogP contribution >= 0.6 is 0 Å². The first-order valence-corrected chi connectivity index (χ1v) is 6.76. The second-order valence-electron chi connectivity index (χ2n) is 6.20. The quantitative estimate of drug-likeness (QED) is 0.667. The summed E-state index contributed by atoms with van der Waals surface area (Å²) in [6.45, 7) is 19.2. The molecule has 0 amide bonds. The minimum absolute atomic E-state index is 0.202. The Morgan fingerprint density at radius 1 is 1.00 bits per heavy atom. The molecule has 0 fully saturated rings. The van der Waals surface area contributed by atoms with Gasteiger partial charge >= 0.3 is 0 Å². The van der Waals surface area contributed by atoms with Crippen LogP contribution in [0.2, 0.25) is 0 Å². The third-order valence-electron chi connectivity index (χ3n) is 3.31. The van der Waals surface area contributed by atoms with Crippen LogP contribution in [0, 0.1) is 17.8 Å². The van der Waals surface area contributed by atoms with Crippen LogP contribution in [0.5, 0.6) is 0 Å². The first-order valence-electron chi connectivity index (χ1n) is 6.76. The van der Waals surface area contributed by atoms with Gasteiger partial charge in [-0.25, -0.2) is 0 Å². The molecule has 0 aromatic carbocycles. The normalized spacial score (nSPS) is 13.1. The van der Waals surface area contributed by atoms with Gasteiger partial charge in [0.1, 0.15) is 0 Å². The average molecular weight is 228 g/mol. The van der Waals surface area contributed by atoms with Crippen LogP contribution in [0.4, 0.5) is 0 Å². The summed E-state index contributed by atoms with van der Waals surface area (Å²) in [5, 5.41) is 7.10. The zero-order valence-electron chi connectivity index (χ0n) is 12.4. The van der Waals surface area contributed by atoms with Crippen LogP contribution < -0.4 is 10.6 Å². The zero-order valence-corrected chi connectivity index (χ0v) is 12.4. The van der Waals surface area contributed by atoms with Gasteiger partial charge in [-0.2, -0.15) is 0 Å². The minimum Gasteiger partial charge on any atom is -0.315 e.